The van der Waals surface area contributed by atoms with Crippen molar-refractivity contribution < 1.29 is 28.7 Å². The van der Waals surface area contributed by atoms with Crippen molar-refractivity contribution >= 4 is 27.1 Å². The minimum absolute atomic E-state index is 0.0627. The molecular weight excluding hydrogens is 579 g/mol. The van der Waals surface area contributed by atoms with Crippen LogP contribution in [0.2, 0.25) is 0 Å². The van der Waals surface area contributed by atoms with Crippen molar-refractivity contribution in [2.24, 2.45) is 5.92 Å². The Hall–Kier alpha value is -0.980. The highest BCUT2D eigenvalue weighted by atomic mass is 32.1. The maximum Gasteiger partial charge on any atom is 0.380 e. The van der Waals surface area contributed by atoms with Gasteiger partial charge in [0.25, 0.3) is 0 Å². The molecule has 43 heavy (non-hydrogen) atoms. The van der Waals surface area contributed by atoms with E-state index in [-0.39, 0.29) is 6.61 Å². The van der Waals surface area contributed by atoms with Gasteiger partial charge in [-0.15, -0.1) is 12.6 Å². The second kappa shape index (κ2) is 26.3. The third kappa shape index (κ3) is 19.9. The molecule has 0 bridgehead atoms. The molecule has 0 fully saturated rings. The van der Waals surface area contributed by atoms with Crippen LogP contribution in [0.25, 0.3) is 0 Å². The predicted molar refractivity (Wildman–Crippen MR) is 180 cm³/mol. The van der Waals surface area contributed by atoms with Crippen molar-refractivity contribution in [3.63, 3.8) is 0 Å². The average molecular weight is 641 g/mol. The highest BCUT2D eigenvalue weighted by molar-refractivity contribution is 7.80. The monoisotopic (exact) mass is 640 g/mol. The van der Waals surface area contributed by atoms with Gasteiger partial charge >= 0.3 is 11.5 Å². The molecule has 4 unspecified atom stereocenters. The lowest BCUT2D eigenvalue weighted by atomic mass is 9.91. The Labute approximate surface area is 270 Å². The van der Waals surface area contributed by atoms with Gasteiger partial charge in [0.05, 0.1) is 0 Å². The third-order valence-corrected chi connectivity index (χ3v) is 8.88. The summed E-state index contributed by atoms with van der Waals surface area (Å²) < 4.78 is 28.6. The molecule has 0 heterocycles. The Bertz CT molecular complexity index is 813. The zero-order chi connectivity index (χ0) is 31.6. The van der Waals surface area contributed by atoms with E-state index in [1.54, 1.807) is 12.1 Å². The van der Waals surface area contributed by atoms with E-state index < -0.39 is 31.7 Å². The summed E-state index contributed by atoms with van der Waals surface area (Å²) in [5.41, 5.74) is -2.32. The van der Waals surface area contributed by atoms with E-state index in [0.717, 1.165) is 24.8 Å². The van der Waals surface area contributed by atoms with E-state index in [4.69, 9.17) is 26.8 Å². The van der Waals surface area contributed by atoms with Crippen LogP contribution in [0.4, 0.5) is 0 Å². The number of rotatable bonds is 29. The first kappa shape index (κ1) is 40.0. The summed E-state index contributed by atoms with van der Waals surface area (Å²) in [6, 6.07) is 9.09. The third-order valence-electron chi connectivity index (χ3n) is 8.01. The molecular formula is C35H61O6PS. The highest BCUT2D eigenvalue weighted by Crippen LogP contribution is 2.30. The second-order valence-electron chi connectivity index (χ2n) is 11.9. The minimum Gasteiger partial charge on any atom is -0.456 e. The number of hydrogen-bond acceptors (Lipinski definition) is 7. The molecule has 4 atom stereocenters. The molecule has 1 N–H and O–H groups in total. The Morgan fingerprint density at radius 2 is 1.30 bits per heavy atom. The van der Waals surface area contributed by atoms with Crippen LogP contribution >= 0.6 is 21.1 Å². The summed E-state index contributed by atoms with van der Waals surface area (Å²) >= 11 is 4.72. The van der Waals surface area contributed by atoms with Gasteiger partial charge in [-0.2, -0.15) is 0 Å². The van der Waals surface area contributed by atoms with Crippen molar-refractivity contribution in [2.45, 2.75) is 173 Å². The fraction of sp³-hybridized carbons (Fsp3) is 0.800. The number of aliphatic hydroxyl groups is 1. The molecule has 1 aromatic rings. The van der Waals surface area contributed by atoms with Crippen LogP contribution < -0.4 is 0 Å². The van der Waals surface area contributed by atoms with Crippen LogP contribution in [0.3, 0.4) is 0 Å². The van der Waals surface area contributed by atoms with Gasteiger partial charge in [-0.1, -0.05) is 167 Å². The maximum atomic E-state index is 12.6. The SMILES string of the molecule is CCCCCCCCCCCCC(CCCCCCCC)CC(S)OC(CC)OC(O)(P=O)C(=O)OCc1ccccc1. The number of benzene rings is 1. The van der Waals surface area contributed by atoms with Crippen LogP contribution in [0.5, 0.6) is 0 Å². The zero-order valence-corrected chi connectivity index (χ0v) is 29.1. The molecule has 6 nitrogen and oxygen atoms in total. The summed E-state index contributed by atoms with van der Waals surface area (Å²) in [5, 5.41) is 10.7. The number of hydrogen-bond donors (Lipinski definition) is 2. The molecule has 248 valence electrons. The molecule has 0 spiro atoms. The highest BCUT2D eigenvalue weighted by Gasteiger charge is 2.43. The molecule has 1 rings (SSSR count). The number of ether oxygens (including phenoxy) is 3. The first-order valence-corrected chi connectivity index (χ1v) is 18.5. The lowest BCUT2D eigenvalue weighted by Gasteiger charge is -2.28. The predicted octanol–water partition coefficient (Wildman–Crippen LogP) is 10.8. The van der Waals surface area contributed by atoms with Crippen molar-refractivity contribution in [3.05, 3.63) is 35.9 Å². The van der Waals surface area contributed by atoms with Crippen LogP contribution in [0.15, 0.2) is 30.3 Å². The first-order chi connectivity index (χ1) is 20.9. The normalized spacial score (nSPS) is 15.2. The van der Waals surface area contributed by atoms with E-state index in [1.165, 1.54) is 103 Å². The molecule has 0 aliphatic heterocycles. The van der Waals surface area contributed by atoms with Gasteiger partial charge in [-0.3, -0.25) is 4.57 Å². The molecule has 0 saturated carbocycles. The molecule has 8 heteroatoms. The lowest BCUT2D eigenvalue weighted by molar-refractivity contribution is -0.259. The van der Waals surface area contributed by atoms with E-state index in [2.05, 4.69) is 13.8 Å². The Morgan fingerprint density at radius 3 is 1.77 bits per heavy atom. The van der Waals surface area contributed by atoms with Crippen molar-refractivity contribution in [1.82, 2.24) is 0 Å². The van der Waals surface area contributed by atoms with Gasteiger partial charge in [0, 0.05) is 0 Å². The quantitative estimate of drug-likeness (QED) is 0.0298. The van der Waals surface area contributed by atoms with Crippen LogP contribution in [0, 0.1) is 5.92 Å². The van der Waals surface area contributed by atoms with Gasteiger partial charge in [-0.25, -0.2) is 4.79 Å². The first-order valence-electron chi connectivity index (χ1n) is 17.2. The van der Waals surface area contributed by atoms with Gasteiger partial charge in [0.15, 0.2) is 6.29 Å². The Balaban J connectivity index is 2.56. The number of esters is 1. The average Bonchev–Trinajstić information content (AvgIpc) is 3.02. The van der Waals surface area contributed by atoms with Crippen LogP contribution in [0.1, 0.15) is 155 Å². The molecule has 0 saturated heterocycles. The van der Waals surface area contributed by atoms with Crippen molar-refractivity contribution in [1.29, 1.82) is 0 Å². The van der Waals surface area contributed by atoms with E-state index in [0.29, 0.717) is 12.3 Å². The van der Waals surface area contributed by atoms with Gasteiger partial charge < -0.3 is 19.3 Å². The summed E-state index contributed by atoms with van der Waals surface area (Å²) in [4.78, 5) is 12.6. The van der Waals surface area contributed by atoms with E-state index in [1.807, 2.05) is 25.1 Å². The van der Waals surface area contributed by atoms with E-state index >= 15 is 0 Å². The Kier molecular flexibility index (Phi) is 24.5. The summed E-state index contributed by atoms with van der Waals surface area (Å²) in [7, 11) is -0.907. The van der Waals surface area contributed by atoms with E-state index in [9.17, 15) is 14.5 Å². The fourth-order valence-electron chi connectivity index (χ4n) is 5.34. The summed E-state index contributed by atoms with van der Waals surface area (Å²) in [5.74, 6) is -0.625. The summed E-state index contributed by atoms with van der Waals surface area (Å²) in [6.45, 7) is 6.26. The van der Waals surface area contributed by atoms with Crippen LogP contribution in [-0.2, 0) is 30.2 Å². The second-order valence-corrected chi connectivity index (χ2v) is 13.3. The molecule has 0 aliphatic carbocycles. The molecule has 0 aliphatic rings. The van der Waals surface area contributed by atoms with Gasteiger partial charge in [0.2, 0.25) is 8.46 Å². The standard InChI is InChI=1S/C35H61O6PS/c1-4-7-9-11-13-14-15-16-18-21-25-30(24-20-17-12-10-8-5-2)28-33(43)40-32(6-3)41-35(37,42-38)34(36)39-29-31-26-22-19-23-27-31/h19,22-23,26-27,30,32-33,37,43H,4-18,20-21,24-25,28-29H2,1-3H3. The zero-order valence-electron chi connectivity index (χ0n) is 27.4. The number of carbonyl (C=O) groups excluding carboxylic acids is 1. The number of carbonyl (C=O) groups is 1. The lowest BCUT2D eigenvalue weighted by Crippen LogP contribution is -2.42. The molecule has 0 amide bonds. The molecule has 0 radical (unpaired) electrons. The molecule has 0 aromatic heterocycles. The van der Waals surface area contributed by atoms with Crippen molar-refractivity contribution in [3.8, 4) is 0 Å². The smallest absolute Gasteiger partial charge is 0.380 e. The van der Waals surface area contributed by atoms with Crippen LogP contribution in [-0.4, -0.2) is 28.3 Å². The minimum atomic E-state index is -2.64. The number of unbranched alkanes of at least 4 members (excludes halogenated alkanes) is 14. The number of thiol groups is 1. The Morgan fingerprint density at radius 1 is 0.814 bits per heavy atom. The maximum absolute atomic E-state index is 12.6. The summed E-state index contributed by atoms with van der Waals surface area (Å²) in [6.07, 6.45) is 23.3. The van der Waals surface area contributed by atoms with Gasteiger partial charge in [-0.05, 0) is 24.3 Å². The fourth-order valence-corrected chi connectivity index (χ4v) is 6.08. The van der Waals surface area contributed by atoms with Crippen molar-refractivity contribution in [2.75, 3.05) is 0 Å². The van der Waals surface area contributed by atoms with Gasteiger partial charge in [0.1, 0.15) is 12.0 Å². The molecule has 1 aromatic carbocycles. The largest absolute Gasteiger partial charge is 0.456 e. The topological polar surface area (TPSA) is 82.1 Å².